The molecule has 0 aromatic heterocycles. The van der Waals surface area contributed by atoms with Gasteiger partial charge in [-0.2, -0.15) is 0 Å². The molecule has 0 saturated carbocycles. The smallest absolute Gasteiger partial charge is 0.253 e. The van der Waals surface area contributed by atoms with Gasteiger partial charge < -0.3 is 36.0 Å². The van der Waals surface area contributed by atoms with E-state index < -0.39 is 37.2 Å². The lowest BCUT2D eigenvalue weighted by Gasteiger charge is -2.31. The minimum absolute atomic E-state index is 0.0996. The van der Waals surface area contributed by atoms with E-state index in [4.69, 9.17) is 10.2 Å². The van der Waals surface area contributed by atoms with Crippen molar-refractivity contribution < 1.29 is 34.8 Å². The van der Waals surface area contributed by atoms with E-state index in [1.54, 1.807) is 4.90 Å². The Hall–Kier alpha value is -0.340. The highest BCUT2D eigenvalue weighted by Crippen LogP contribution is 2.39. The first kappa shape index (κ1) is 27.9. The zero-order valence-corrected chi connectivity index (χ0v) is 23.4. The molecule has 6 N–H and O–H groups in total. The summed E-state index contributed by atoms with van der Waals surface area (Å²) in [6.07, 6.45) is -0.343. The first-order valence-corrected chi connectivity index (χ1v) is 13.0. The number of rotatable bonds is 9. The molecule has 178 valence electrons. The third-order valence-corrected chi connectivity index (χ3v) is 7.94. The van der Waals surface area contributed by atoms with Gasteiger partial charge in [0, 0.05) is 29.6 Å². The molecule has 2 atom stereocenters. The van der Waals surface area contributed by atoms with Crippen LogP contribution in [0.2, 0.25) is 0 Å². The van der Waals surface area contributed by atoms with E-state index in [9.17, 15) is 24.6 Å². The van der Waals surface area contributed by atoms with Gasteiger partial charge in [-0.25, -0.2) is 0 Å². The van der Waals surface area contributed by atoms with Gasteiger partial charge in [0.15, 0.2) is 0 Å². The molecule has 0 radical (unpaired) electrons. The van der Waals surface area contributed by atoms with Crippen molar-refractivity contribution in [1.82, 2.24) is 10.6 Å². The van der Waals surface area contributed by atoms with Crippen molar-refractivity contribution in [3.05, 3.63) is 21.8 Å². The summed E-state index contributed by atoms with van der Waals surface area (Å²) in [6, 6.07) is 0. The number of aliphatic hydroxyl groups is 4. The highest BCUT2D eigenvalue weighted by atomic mass is 127. The summed E-state index contributed by atoms with van der Waals surface area (Å²) < 4.78 is 1.33. The van der Waals surface area contributed by atoms with Gasteiger partial charge in [0.25, 0.3) is 11.8 Å². The fraction of sp³-hybridized carbons (Fsp3) is 0.526. The summed E-state index contributed by atoms with van der Waals surface area (Å²) in [5.74, 6) is -1.21. The highest BCUT2D eigenvalue weighted by molar-refractivity contribution is 14.1. The molecule has 2 rings (SSSR count). The number of nitrogens with one attached hydrogen (secondary N) is 2. The van der Waals surface area contributed by atoms with E-state index in [0.717, 1.165) is 12.8 Å². The molecule has 10 nitrogen and oxygen atoms in total. The second-order valence-electron chi connectivity index (χ2n) is 7.14. The summed E-state index contributed by atoms with van der Waals surface area (Å²) in [7, 11) is 0. The fourth-order valence-electron chi connectivity index (χ4n) is 3.06. The first-order chi connectivity index (χ1) is 15.1. The number of hydrogen-bond acceptors (Lipinski definition) is 7. The molecule has 2 unspecified atom stereocenters. The van der Waals surface area contributed by atoms with E-state index in [-0.39, 0.29) is 30.1 Å². The second kappa shape index (κ2) is 12.9. The third kappa shape index (κ3) is 6.62. The predicted octanol–water partition coefficient (Wildman–Crippen LogP) is 0.183. The summed E-state index contributed by atoms with van der Waals surface area (Å²) in [5.41, 5.74) is 0.827. The number of anilines is 1. The van der Waals surface area contributed by atoms with Gasteiger partial charge in [-0.3, -0.25) is 14.4 Å². The summed E-state index contributed by atoms with van der Waals surface area (Å²) >= 11 is 5.86. The van der Waals surface area contributed by atoms with Crippen LogP contribution in [-0.4, -0.2) is 83.2 Å². The lowest BCUT2D eigenvalue weighted by atomic mass is 10.0. The molecule has 1 saturated heterocycles. The molecular weight excluding hydrogens is 763 g/mol. The maximum absolute atomic E-state index is 13.0. The van der Waals surface area contributed by atoms with Gasteiger partial charge in [-0.15, -0.1) is 0 Å². The number of carbonyl (C=O) groups excluding carboxylic acids is 3. The molecule has 1 aromatic rings. The highest BCUT2D eigenvalue weighted by Gasteiger charge is 2.33. The molecule has 3 amide bonds. The van der Waals surface area contributed by atoms with Crippen LogP contribution in [0.15, 0.2) is 0 Å². The molecule has 1 heterocycles. The van der Waals surface area contributed by atoms with Crippen molar-refractivity contribution in [2.75, 3.05) is 37.7 Å². The first-order valence-electron chi connectivity index (χ1n) is 9.79. The average Bonchev–Trinajstić information content (AvgIpc) is 2.76. The number of hydrogen-bond donors (Lipinski definition) is 6. The summed E-state index contributed by atoms with van der Waals surface area (Å²) in [4.78, 5) is 40.2. The maximum atomic E-state index is 13.0. The number of halogens is 3. The molecule has 1 fully saturated rings. The number of aliphatic hydroxyl groups excluding tert-OH is 4. The van der Waals surface area contributed by atoms with Crippen molar-refractivity contribution in [2.24, 2.45) is 0 Å². The van der Waals surface area contributed by atoms with Crippen molar-refractivity contribution in [1.29, 1.82) is 0 Å². The van der Waals surface area contributed by atoms with Gasteiger partial charge in [0.1, 0.15) is 0 Å². The molecule has 0 bridgehead atoms. The van der Waals surface area contributed by atoms with E-state index >= 15 is 0 Å². The SMILES string of the molecule is O=C(NCC(O)CO)c1c(I)c(C(=O)NCC(O)CO)c(I)c(N2CCCCC2=O)c1I. The topological polar surface area (TPSA) is 159 Å². The largest absolute Gasteiger partial charge is 0.394 e. The van der Waals surface area contributed by atoms with E-state index in [2.05, 4.69) is 10.6 Å². The van der Waals surface area contributed by atoms with Gasteiger partial charge in [-0.05, 0) is 80.6 Å². The Kier molecular flexibility index (Phi) is 11.3. The zero-order valence-electron chi connectivity index (χ0n) is 16.9. The zero-order chi connectivity index (χ0) is 24.0. The molecule has 1 aromatic carbocycles. The maximum Gasteiger partial charge on any atom is 0.253 e. The van der Waals surface area contributed by atoms with Crippen LogP contribution < -0.4 is 15.5 Å². The monoisotopic (exact) mass is 787 g/mol. The predicted molar refractivity (Wildman–Crippen MR) is 142 cm³/mol. The van der Waals surface area contributed by atoms with Crippen molar-refractivity contribution in [3.8, 4) is 0 Å². The molecule has 0 aliphatic carbocycles. The van der Waals surface area contributed by atoms with Crippen molar-refractivity contribution in [2.45, 2.75) is 31.5 Å². The molecule has 13 heteroatoms. The van der Waals surface area contributed by atoms with Crippen LogP contribution in [0.25, 0.3) is 0 Å². The van der Waals surface area contributed by atoms with E-state index in [1.165, 1.54) is 0 Å². The van der Waals surface area contributed by atoms with Crippen LogP contribution in [0.4, 0.5) is 5.69 Å². The van der Waals surface area contributed by atoms with Crippen molar-refractivity contribution in [3.63, 3.8) is 0 Å². The fourth-order valence-corrected chi connectivity index (χ4v) is 7.78. The van der Waals surface area contributed by atoms with Crippen LogP contribution in [-0.2, 0) is 4.79 Å². The number of amides is 3. The van der Waals surface area contributed by atoms with Crippen LogP contribution in [0.5, 0.6) is 0 Å². The Balaban J connectivity index is 2.58. The molecule has 32 heavy (non-hydrogen) atoms. The van der Waals surface area contributed by atoms with Crippen molar-refractivity contribution >= 4 is 91.2 Å². The Morgan fingerprint density at radius 1 is 0.875 bits per heavy atom. The van der Waals surface area contributed by atoms with E-state index in [1.807, 2.05) is 67.8 Å². The summed E-state index contributed by atoms with van der Waals surface area (Å²) in [5, 5.41) is 42.3. The van der Waals surface area contributed by atoms with Crippen LogP contribution >= 0.6 is 67.8 Å². The quantitative estimate of drug-likeness (QED) is 0.195. The standard InChI is InChI=1S/C19H24I3N3O7/c20-14-12(18(31)23-5-9(28)7-26)15(21)17(25-4-2-1-3-11(25)30)16(22)13(14)19(32)24-6-10(29)8-27/h9-10,26-29H,1-8H2,(H,23,31)(H,24,32). The molecule has 1 aliphatic heterocycles. The van der Waals surface area contributed by atoms with Crippen LogP contribution in [0, 0.1) is 10.7 Å². The third-order valence-electron chi connectivity index (χ3n) is 4.76. The van der Waals surface area contributed by atoms with E-state index in [0.29, 0.717) is 29.4 Å². The van der Waals surface area contributed by atoms with Gasteiger partial charge in [0.05, 0.1) is 49.4 Å². The Morgan fingerprint density at radius 3 is 1.75 bits per heavy atom. The summed E-state index contributed by atoms with van der Waals surface area (Å²) in [6.45, 7) is -0.948. The van der Waals surface area contributed by atoms with Gasteiger partial charge in [0.2, 0.25) is 5.91 Å². The lowest BCUT2D eigenvalue weighted by molar-refractivity contribution is -0.119. The van der Waals surface area contributed by atoms with Crippen LogP contribution in [0.3, 0.4) is 0 Å². The number of carbonyl (C=O) groups is 3. The number of benzene rings is 1. The second-order valence-corrected chi connectivity index (χ2v) is 10.4. The Morgan fingerprint density at radius 2 is 1.34 bits per heavy atom. The average molecular weight is 787 g/mol. The van der Waals surface area contributed by atoms with Gasteiger partial charge in [-0.1, -0.05) is 0 Å². The molecule has 1 aliphatic rings. The molecule has 0 spiro atoms. The normalized spacial score (nSPS) is 16.0. The Bertz CT molecular complexity index is 831. The minimum atomic E-state index is -1.14. The van der Waals surface area contributed by atoms with Crippen LogP contribution in [0.1, 0.15) is 40.0 Å². The number of piperidine rings is 1. The minimum Gasteiger partial charge on any atom is -0.394 e. The molecular formula is C19H24I3N3O7. The van der Waals surface area contributed by atoms with Gasteiger partial charge >= 0.3 is 0 Å². The lowest BCUT2D eigenvalue weighted by Crippen LogP contribution is -2.40. The number of nitrogens with zero attached hydrogens (tertiary/aromatic N) is 1. The Labute approximate surface area is 225 Å².